The molecule has 0 aliphatic carbocycles. The van der Waals surface area contributed by atoms with Crippen molar-refractivity contribution < 1.29 is 18.8 Å². The van der Waals surface area contributed by atoms with Crippen LogP contribution >= 0.6 is 0 Å². The van der Waals surface area contributed by atoms with Crippen LogP contribution in [0.5, 0.6) is 0 Å². The number of aromatic nitrogens is 1. The fraction of sp³-hybridized carbons (Fsp3) is 0.706. The van der Waals surface area contributed by atoms with Crippen molar-refractivity contribution in [2.75, 3.05) is 44.7 Å². The molecule has 0 saturated carbocycles. The summed E-state index contributed by atoms with van der Waals surface area (Å²) in [6, 6.07) is 1.36. The topological polar surface area (TPSA) is 87.9 Å². The van der Waals surface area contributed by atoms with Gasteiger partial charge >= 0.3 is 0 Å². The minimum absolute atomic E-state index is 0.0450. The zero-order valence-corrected chi connectivity index (χ0v) is 14.9. The summed E-state index contributed by atoms with van der Waals surface area (Å²) in [7, 11) is 0. The number of aryl methyl sites for hydroxylation is 1. The molecule has 1 aromatic rings. The van der Waals surface area contributed by atoms with E-state index in [0.717, 1.165) is 19.4 Å². The number of piperidine rings is 1. The molecule has 8 heteroatoms. The van der Waals surface area contributed by atoms with E-state index >= 15 is 0 Å². The molecule has 25 heavy (non-hydrogen) atoms. The fourth-order valence-electron chi connectivity index (χ4n) is 3.42. The van der Waals surface area contributed by atoms with Gasteiger partial charge in [0.1, 0.15) is 5.76 Å². The van der Waals surface area contributed by atoms with Crippen LogP contribution in [0.1, 0.15) is 25.5 Å². The smallest absolute Gasteiger partial charge is 0.242 e. The van der Waals surface area contributed by atoms with Crippen LogP contribution in [0.2, 0.25) is 0 Å². The number of hydrogen-bond donors (Lipinski definition) is 1. The Morgan fingerprint density at radius 2 is 2.08 bits per heavy atom. The van der Waals surface area contributed by atoms with Gasteiger partial charge in [-0.05, 0) is 33.2 Å². The molecule has 2 atom stereocenters. The molecule has 8 nitrogen and oxygen atoms in total. The second kappa shape index (κ2) is 7.97. The van der Waals surface area contributed by atoms with Gasteiger partial charge in [0.15, 0.2) is 5.82 Å². The fourth-order valence-corrected chi connectivity index (χ4v) is 3.42. The van der Waals surface area contributed by atoms with Crippen LogP contribution in [0.15, 0.2) is 10.6 Å². The summed E-state index contributed by atoms with van der Waals surface area (Å²) in [6.07, 6.45) is 1.80. The van der Waals surface area contributed by atoms with Gasteiger partial charge in [-0.3, -0.25) is 14.5 Å². The van der Waals surface area contributed by atoms with Crippen LogP contribution in [0.3, 0.4) is 0 Å². The molecule has 3 rings (SSSR count). The third kappa shape index (κ3) is 4.38. The van der Waals surface area contributed by atoms with Gasteiger partial charge < -0.3 is 19.5 Å². The lowest BCUT2D eigenvalue weighted by Gasteiger charge is -2.38. The Bertz CT molecular complexity index is 612. The number of carbonyl (C=O) groups is 2. The van der Waals surface area contributed by atoms with Gasteiger partial charge in [-0.1, -0.05) is 5.16 Å². The SMILES string of the molecule is Cc1cc(NC(=O)C(C)N2CCCC(C(=O)N3CCOCC3)C2)no1. The van der Waals surface area contributed by atoms with Gasteiger partial charge in [-0.2, -0.15) is 0 Å². The Kier molecular flexibility index (Phi) is 5.70. The first-order valence-electron chi connectivity index (χ1n) is 8.89. The number of anilines is 1. The number of ether oxygens (including phenoxy) is 1. The van der Waals surface area contributed by atoms with Crippen molar-refractivity contribution in [2.45, 2.75) is 32.7 Å². The lowest BCUT2D eigenvalue weighted by Crippen LogP contribution is -2.52. The van der Waals surface area contributed by atoms with Crippen LogP contribution < -0.4 is 5.32 Å². The molecule has 0 radical (unpaired) electrons. The number of amides is 2. The number of hydrogen-bond acceptors (Lipinski definition) is 6. The molecule has 0 spiro atoms. The van der Waals surface area contributed by atoms with Crippen LogP contribution in [0.4, 0.5) is 5.82 Å². The van der Waals surface area contributed by atoms with Gasteiger partial charge in [0.25, 0.3) is 0 Å². The zero-order valence-electron chi connectivity index (χ0n) is 14.9. The van der Waals surface area contributed by atoms with Crippen molar-refractivity contribution in [3.05, 3.63) is 11.8 Å². The molecule has 2 saturated heterocycles. The standard InChI is InChI=1S/C17H26N4O4/c1-12-10-15(19-25-12)18-16(22)13(2)21-5-3-4-14(11-21)17(23)20-6-8-24-9-7-20/h10,13-14H,3-9,11H2,1-2H3,(H,18,19,22). The van der Waals surface area contributed by atoms with E-state index in [1.165, 1.54) is 0 Å². The highest BCUT2D eigenvalue weighted by molar-refractivity contribution is 5.93. The number of rotatable bonds is 4. The first kappa shape index (κ1) is 17.9. The average Bonchev–Trinajstić information content (AvgIpc) is 3.06. The molecule has 3 heterocycles. The normalized spacial score (nSPS) is 23.3. The summed E-state index contributed by atoms with van der Waals surface area (Å²) in [5, 5.41) is 6.56. The second-order valence-corrected chi connectivity index (χ2v) is 6.76. The molecule has 2 aliphatic heterocycles. The summed E-state index contributed by atoms with van der Waals surface area (Å²) >= 11 is 0. The Labute approximate surface area is 147 Å². The Hall–Kier alpha value is -1.93. The zero-order chi connectivity index (χ0) is 17.8. The van der Waals surface area contributed by atoms with Crippen molar-refractivity contribution in [3.63, 3.8) is 0 Å². The summed E-state index contributed by atoms with van der Waals surface area (Å²) in [5.74, 6) is 1.08. The Morgan fingerprint density at radius 1 is 1.32 bits per heavy atom. The van der Waals surface area contributed by atoms with Crippen molar-refractivity contribution in [1.82, 2.24) is 15.0 Å². The summed E-state index contributed by atoms with van der Waals surface area (Å²) < 4.78 is 10.3. The lowest BCUT2D eigenvalue weighted by atomic mass is 9.95. The van der Waals surface area contributed by atoms with Crippen LogP contribution in [-0.4, -0.2) is 72.2 Å². The molecule has 0 bridgehead atoms. The van der Waals surface area contributed by atoms with Crippen molar-refractivity contribution in [2.24, 2.45) is 5.92 Å². The monoisotopic (exact) mass is 350 g/mol. The minimum atomic E-state index is -0.322. The number of nitrogens with one attached hydrogen (secondary N) is 1. The average molecular weight is 350 g/mol. The Morgan fingerprint density at radius 3 is 2.76 bits per heavy atom. The van der Waals surface area contributed by atoms with E-state index in [1.54, 1.807) is 13.0 Å². The predicted molar refractivity (Wildman–Crippen MR) is 91.0 cm³/mol. The maximum atomic E-state index is 12.7. The summed E-state index contributed by atoms with van der Waals surface area (Å²) in [5.41, 5.74) is 0. The molecule has 138 valence electrons. The van der Waals surface area contributed by atoms with E-state index in [-0.39, 0.29) is 23.8 Å². The quantitative estimate of drug-likeness (QED) is 0.867. The minimum Gasteiger partial charge on any atom is -0.378 e. The van der Waals surface area contributed by atoms with E-state index in [4.69, 9.17) is 9.26 Å². The number of morpholine rings is 1. The summed E-state index contributed by atoms with van der Waals surface area (Å²) in [4.78, 5) is 29.1. The third-order valence-corrected chi connectivity index (χ3v) is 4.93. The third-order valence-electron chi connectivity index (χ3n) is 4.93. The predicted octanol–water partition coefficient (Wildman–Crippen LogP) is 0.881. The van der Waals surface area contributed by atoms with Gasteiger partial charge in [0, 0.05) is 25.7 Å². The van der Waals surface area contributed by atoms with Crippen molar-refractivity contribution in [3.8, 4) is 0 Å². The van der Waals surface area contributed by atoms with Gasteiger partial charge in [-0.15, -0.1) is 0 Å². The van der Waals surface area contributed by atoms with Gasteiger partial charge in [0.05, 0.1) is 25.2 Å². The molecular weight excluding hydrogens is 324 g/mol. The van der Waals surface area contributed by atoms with E-state index in [0.29, 0.717) is 44.4 Å². The van der Waals surface area contributed by atoms with Crippen LogP contribution in [0, 0.1) is 12.8 Å². The van der Waals surface area contributed by atoms with Gasteiger partial charge in [0.2, 0.25) is 11.8 Å². The second-order valence-electron chi connectivity index (χ2n) is 6.76. The maximum absolute atomic E-state index is 12.7. The molecule has 1 N–H and O–H groups in total. The molecular formula is C17H26N4O4. The van der Waals surface area contributed by atoms with E-state index in [9.17, 15) is 9.59 Å². The van der Waals surface area contributed by atoms with Gasteiger partial charge in [-0.25, -0.2) is 0 Å². The molecule has 2 amide bonds. The number of nitrogens with zero attached hydrogens (tertiary/aromatic N) is 3. The maximum Gasteiger partial charge on any atom is 0.242 e. The highest BCUT2D eigenvalue weighted by Gasteiger charge is 2.33. The lowest BCUT2D eigenvalue weighted by molar-refractivity contribution is -0.142. The molecule has 1 aromatic heterocycles. The van der Waals surface area contributed by atoms with Crippen molar-refractivity contribution in [1.29, 1.82) is 0 Å². The first-order chi connectivity index (χ1) is 12.0. The summed E-state index contributed by atoms with van der Waals surface area (Å²) in [6.45, 7) is 7.62. The van der Waals surface area contributed by atoms with Crippen molar-refractivity contribution >= 4 is 17.6 Å². The molecule has 0 aromatic carbocycles. The van der Waals surface area contributed by atoms with E-state index < -0.39 is 0 Å². The molecule has 2 fully saturated rings. The van der Waals surface area contributed by atoms with Crippen LogP contribution in [0.25, 0.3) is 0 Å². The first-order valence-corrected chi connectivity index (χ1v) is 8.89. The number of likely N-dealkylation sites (tertiary alicyclic amines) is 1. The van der Waals surface area contributed by atoms with E-state index in [2.05, 4.69) is 15.4 Å². The number of carbonyl (C=O) groups excluding carboxylic acids is 2. The highest BCUT2D eigenvalue weighted by atomic mass is 16.5. The highest BCUT2D eigenvalue weighted by Crippen LogP contribution is 2.22. The van der Waals surface area contributed by atoms with Crippen LogP contribution in [-0.2, 0) is 14.3 Å². The molecule has 2 aliphatic rings. The van der Waals surface area contributed by atoms with E-state index in [1.807, 2.05) is 11.8 Å². The Balaban J connectivity index is 1.56. The largest absolute Gasteiger partial charge is 0.378 e. The molecule has 2 unspecified atom stereocenters.